The van der Waals surface area contributed by atoms with Crippen LogP contribution in [0.3, 0.4) is 0 Å². The minimum atomic E-state index is -0.215. The Kier molecular flexibility index (Phi) is 6.00. The van der Waals surface area contributed by atoms with Crippen LogP contribution in [0.2, 0.25) is 0 Å². The van der Waals surface area contributed by atoms with Gasteiger partial charge in [0.25, 0.3) is 0 Å². The van der Waals surface area contributed by atoms with Crippen molar-refractivity contribution in [2.24, 2.45) is 10.9 Å². The maximum absolute atomic E-state index is 9.74. The fourth-order valence-electron chi connectivity index (χ4n) is 3.46. The zero-order valence-corrected chi connectivity index (χ0v) is 15.9. The summed E-state index contributed by atoms with van der Waals surface area (Å²) in [6, 6.07) is 8.51. The lowest BCUT2D eigenvalue weighted by Crippen LogP contribution is -2.40. The van der Waals surface area contributed by atoms with Crippen LogP contribution >= 0.6 is 15.9 Å². The Hall–Kier alpha value is -1.27. The van der Waals surface area contributed by atoms with Crippen LogP contribution in [0.4, 0.5) is 5.69 Å². The van der Waals surface area contributed by atoms with Crippen molar-refractivity contribution in [3.8, 4) is 0 Å². The van der Waals surface area contributed by atoms with Crippen LogP contribution in [0.25, 0.3) is 0 Å². The number of aliphatic hydroxyl groups is 1. The standard InChI is InChI=1S/C18H27BrN4O/c1-2-20-18(23-9-7-17(24)13-23)21-11-14-6-8-22(12-14)16-5-3-4-15(19)10-16/h3-5,10,14,17,24H,2,6-9,11-13H2,1H3,(H,20,21)/t14?,17-/m1/s1. The summed E-state index contributed by atoms with van der Waals surface area (Å²) in [7, 11) is 0. The first-order valence-electron chi connectivity index (χ1n) is 8.87. The molecular formula is C18H27BrN4O. The second-order valence-electron chi connectivity index (χ2n) is 6.66. The maximum atomic E-state index is 9.74. The molecule has 1 aromatic carbocycles. The van der Waals surface area contributed by atoms with E-state index in [1.807, 2.05) is 0 Å². The van der Waals surface area contributed by atoms with Crippen molar-refractivity contribution < 1.29 is 5.11 Å². The summed E-state index contributed by atoms with van der Waals surface area (Å²) >= 11 is 3.55. The van der Waals surface area contributed by atoms with Gasteiger partial charge in [-0.05, 0) is 43.9 Å². The molecule has 2 atom stereocenters. The van der Waals surface area contributed by atoms with Gasteiger partial charge in [0.1, 0.15) is 0 Å². The number of hydrogen-bond acceptors (Lipinski definition) is 3. The van der Waals surface area contributed by atoms with Crippen LogP contribution in [-0.2, 0) is 0 Å². The number of benzene rings is 1. The van der Waals surface area contributed by atoms with Crippen LogP contribution in [0.15, 0.2) is 33.7 Å². The van der Waals surface area contributed by atoms with Crippen molar-refractivity contribution in [1.82, 2.24) is 10.2 Å². The summed E-state index contributed by atoms with van der Waals surface area (Å²) in [6.07, 6.45) is 1.80. The third-order valence-corrected chi connectivity index (χ3v) is 5.25. The van der Waals surface area contributed by atoms with Gasteiger partial charge in [-0.3, -0.25) is 4.99 Å². The number of halogens is 1. The number of hydrogen-bond donors (Lipinski definition) is 2. The number of rotatable bonds is 4. The van der Waals surface area contributed by atoms with Gasteiger partial charge < -0.3 is 20.2 Å². The highest BCUT2D eigenvalue weighted by Gasteiger charge is 2.25. The van der Waals surface area contributed by atoms with Gasteiger partial charge >= 0.3 is 0 Å². The van der Waals surface area contributed by atoms with Gasteiger partial charge in [0, 0.05) is 49.4 Å². The molecule has 24 heavy (non-hydrogen) atoms. The molecule has 0 radical (unpaired) electrons. The largest absolute Gasteiger partial charge is 0.391 e. The number of β-amino-alcohol motifs (C(OH)–C–C–N with tert-alkyl or cyclic N) is 1. The quantitative estimate of drug-likeness (QED) is 0.607. The number of aliphatic hydroxyl groups excluding tert-OH is 1. The zero-order chi connectivity index (χ0) is 16.9. The van der Waals surface area contributed by atoms with E-state index in [9.17, 15) is 5.11 Å². The fraction of sp³-hybridized carbons (Fsp3) is 0.611. The average Bonchev–Trinajstić information content (AvgIpc) is 3.20. The lowest BCUT2D eigenvalue weighted by molar-refractivity contribution is 0.187. The van der Waals surface area contributed by atoms with Gasteiger partial charge in [-0.1, -0.05) is 22.0 Å². The Bertz CT molecular complexity index is 580. The normalized spacial score (nSPS) is 24.7. The molecule has 2 N–H and O–H groups in total. The molecule has 0 aliphatic carbocycles. The van der Waals surface area contributed by atoms with Crippen LogP contribution < -0.4 is 10.2 Å². The molecule has 5 nitrogen and oxygen atoms in total. The number of likely N-dealkylation sites (tertiary alicyclic amines) is 1. The first-order chi connectivity index (χ1) is 11.7. The number of aliphatic imine (C=N–C) groups is 1. The Labute approximate surface area is 152 Å². The smallest absolute Gasteiger partial charge is 0.194 e. The van der Waals surface area contributed by atoms with Gasteiger partial charge in [-0.2, -0.15) is 0 Å². The Morgan fingerprint density at radius 1 is 1.33 bits per heavy atom. The lowest BCUT2D eigenvalue weighted by Gasteiger charge is -2.22. The number of guanidine groups is 1. The third-order valence-electron chi connectivity index (χ3n) is 4.76. The highest BCUT2D eigenvalue weighted by molar-refractivity contribution is 9.10. The molecule has 2 aliphatic heterocycles. The van der Waals surface area contributed by atoms with E-state index in [-0.39, 0.29) is 6.10 Å². The van der Waals surface area contributed by atoms with Crippen molar-refractivity contribution in [2.75, 3.05) is 44.2 Å². The molecule has 0 bridgehead atoms. The van der Waals surface area contributed by atoms with Crippen molar-refractivity contribution in [3.63, 3.8) is 0 Å². The molecule has 2 aliphatic rings. The minimum Gasteiger partial charge on any atom is -0.391 e. The molecule has 0 spiro atoms. The molecule has 2 saturated heterocycles. The van der Waals surface area contributed by atoms with Crippen LogP contribution in [0.5, 0.6) is 0 Å². The second-order valence-corrected chi connectivity index (χ2v) is 7.58. The average molecular weight is 395 g/mol. The van der Waals surface area contributed by atoms with E-state index in [1.165, 1.54) is 12.1 Å². The highest BCUT2D eigenvalue weighted by Crippen LogP contribution is 2.26. The molecular weight excluding hydrogens is 368 g/mol. The molecule has 1 aromatic rings. The van der Waals surface area contributed by atoms with E-state index in [0.717, 1.165) is 49.6 Å². The summed E-state index contributed by atoms with van der Waals surface area (Å²) in [5, 5.41) is 13.1. The number of nitrogens with one attached hydrogen (secondary N) is 1. The van der Waals surface area contributed by atoms with Crippen molar-refractivity contribution >= 4 is 27.6 Å². The zero-order valence-electron chi connectivity index (χ0n) is 14.3. The highest BCUT2D eigenvalue weighted by atomic mass is 79.9. The summed E-state index contributed by atoms with van der Waals surface area (Å²) in [5.41, 5.74) is 1.28. The predicted octanol–water partition coefficient (Wildman–Crippen LogP) is 2.31. The molecule has 6 heteroatoms. The molecule has 132 valence electrons. The van der Waals surface area contributed by atoms with E-state index in [0.29, 0.717) is 12.5 Å². The van der Waals surface area contributed by atoms with Gasteiger partial charge in [0.15, 0.2) is 5.96 Å². The number of anilines is 1. The summed E-state index contributed by atoms with van der Waals surface area (Å²) < 4.78 is 1.13. The summed E-state index contributed by atoms with van der Waals surface area (Å²) in [6.45, 7) is 7.53. The van der Waals surface area contributed by atoms with Crippen LogP contribution in [0, 0.1) is 5.92 Å². The van der Waals surface area contributed by atoms with E-state index in [4.69, 9.17) is 4.99 Å². The van der Waals surface area contributed by atoms with Crippen LogP contribution in [-0.4, -0.2) is 61.3 Å². The Morgan fingerprint density at radius 3 is 2.92 bits per heavy atom. The van der Waals surface area contributed by atoms with E-state index in [1.54, 1.807) is 0 Å². The predicted molar refractivity (Wildman–Crippen MR) is 103 cm³/mol. The van der Waals surface area contributed by atoms with Crippen LogP contribution in [0.1, 0.15) is 19.8 Å². The van der Waals surface area contributed by atoms with Crippen molar-refractivity contribution in [2.45, 2.75) is 25.9 Å². The third kappa shape index (κ3) is 4.42. The first kappa shape index (κ1) is 17.5. The monoisotopic (exact) mass is 394 g/mol. The Balaban J connectivity index is 1.57. The molecule has 0 saturated carbocycles. The molecule has 2 fully saturated rings. The fourth-order valence-corrected chi connectivity index (χ4v) is 3.85. The second kappa shape index (κ2) is 8.21. The Morgan fingerprint density at radius 2 is 2.21 bits per heavy atom. The van der Waals surface area contributed by atoms with Crippen molar-refractivity contribution in [1.29, 1.82) is 0 Å². The van der Waals surface area contributed by atoms with Gasteiger partial charge in [-0.15, -0.1) is 0 Å². The SMILES string of the molecule is CCNC(=NCC1CCN(c2cccc(Br)c2)C1)N1CC[C@@H](O)C1. The minimum absolute atomic E-state index is 0.215. The van der Waals surface area contributed by atoms with Crippen molar-refractivity contribution in [3.05, 3.63) is 28.7 Å². The summed E-state index contributed by atoms with van der Waals surface area (Å²) in [5.74, 6) is 1.54. The molecule has 0 amide bonds. The van der Waals surface area contributed by atoms with Gasteiger partial charge in [-0.25, -0.2) is 0 Å². The maximum Gasteiger partial charge on any atom is 0.194 e. The van der Waals surface area contributed by atoms with Gasteiger partial charge in [0.2, 0.25) is 0 Å². The lowest BCUT2D eigenvalue weighted by atomic mass is 10.1. The topological polar surface area (TPSA) is 51.1 Å². The molecule has 3 rings (SSSR count). The van der Waals surface area contributed by atoms with Gasteiger partial charge in [0.05, 0.1) is 6.10 Å². The van der Waals surface area contributed by atoms with E-state index < -0.39 is 0 Å². The molecule has 0 aromatic heterocycles. The first-order valence-corrected chi connectivity index (χ1v) is 9.67. The van der Waals surface area contributed by atoms with E-state index >= 15 is 0 Å². The molecule has 2 heterocycles. The summed E-state index contributed by atoms with van der Waals surface area (Å²) in [4.78, 5) is 9.46. The number of nitrogens with zero attached hydrogens (tertiary/aromatic N) is 3. The van der Waals surface area contributed by atoms with E-state index in [2.05, 4.69) is 62.2 Å². The molecule has 1 unspecified atom stereocenters.